The molecule has 0 radical (unpaired) electrons. The zero-order chi connectivity index (χ0) is 22.4. The highest BCUT2D eigenvalue weighted by Crippen LogP contribution is 2.28. The van der Waals surface area contributed by atoms with E-state index >= 15 is 0 Å². The van der Waals surface area contributed by atoms with Gasteiger partial charge in [0, 0.05) is 25.4 Å². The van der Waals surface area contributed by atoms with Crippen LogP contribution >= 0.6 is 0 Å². The third kappa shape index (κ3) is 3.84. The molecule has 30 heavy (non-hydrogen) atoms. The summed E-state index contributed by atoms with van der Waals surface area (Å²) in [6, 6.07) is 1.60. The molecule has 6 nitrogen and oxygen atoms in total. The molecule has 0 aliphatic carbocycles. The SMILES string of the molecule is Cn1nc(C(F)(F)F)cc1C(=O)Nc1ccn(Cc2c(F)c(F)c(F)c(F)c2F)n1. The van der Waals surface area contributed by atoms with Gasteiger partial charge in [0.2, 0.25) is 5.82 Å². The topological polar surface area (TPSA) is 64.7 Å². The molecule has 0 fully saturated rings. The summed E-state index contributed by atoms with van der Waals surface area (Å²) in [6.07, 6.45) is -3.72. The number of carbonyl (C=O) groups is 1. The summed E-state index contributed by atoms with van der Waals surface area (Å²) >= 11 is 0. The number of hydrogen-bond donors (Lipinski definition) is 1. The van der Waals surface area contributed by atoms with Gasteiger partial charge in [0.05, 0.1) is 12.1 Å². The predicted octanol–water partition coefficient (Wildman–Crippen LogP) is 3.63. The second-order valence-corrected chi connectivity index (χ2v) is 5.94. The van der Waals surface area contributed by atoms with Gasteiger partial charge in [-0.25, -0.2) is 22.0 Å². The summed E-state index contributed by atoms with van der Waals surface area (Å²) in [6.45, 7) is -0.869. The molecule has 2 aromatic heterocycles. The summed E-state index contributed by atoms with van der Waals surface area (Å²) in [5.41, 5.74) is -2.92. The number of alkyl halides is 3. The van der Waals surface area contributed by atoms with Crippen LogP contribution in [0.15, 0.2) is 18.3 Å². The van der Waals surface area contributed by atoms with Gasteiger partial charge in [-0.2, -0.15) is 23.4 Å². The highest BCUT2D eigenvalue weighted by Gasteiger charge is 2.35. The zero-order valence-electron chi connectivity index (χ0n) is 14.7. The molecule has 0 bridgehead atoms. The monoisotopic (exact) mass is 439 g/mol. The molecule has 0 aliphatic rings. The molecule has 0 saturated heterocycles. The summed E-state index contributed by atoms with van der Waals surface area (Å²) < 4.78 is 107. The van der Waals surface area contributed by atoms with E-state index in [9.17, 15) is 39.9 Å². The van der Waals surface area contributed by atoms with Crippen molar-refractivity contribution in [3.8, 4) is 0 Å². The first kappa shape index (κ1) is 21.3. The van der Waals surface area contributed by atoms with Gasteiger partial charge >= 0.3 is 6.18 Å². The number of benzene rings is 1. The van der Waals surface area contributed by atoms with Crippen LogP contribution in [0.4, 0.5) is 40.9 Å². The van der Waals surface area contributed by atoms with Gasteiger partial charge in [-0.15, -0.1) is 0 Å². The Hall–Kier alpha value is -3.45. The Labute approximate surface area is 161 Å². The van der Waals surface area contributed by atoms with Gasteiger partial charge in [-0.05, 0) is 0 Å². The largest absolute Gasteiger partial charge is 0.435 e. The van der Waals surface area contributed by atoms with E-state index in [1.165, 1.54) is 0 Å². The first-order valence-electron chi connectivity index (χ1n) is 7.86. The molecule has 160 valence electrons. The Morgan fingerprint density at radius 1 is 1.00 bits per heavy atom. The molecule has 1 aromatic carbocycles. The van der Waals surface area contributed by atoms with E-state index < -0.39 is 64.7 Å². The fraction of sp³-hybridized carbons (Fsp3) is 0.188. The average molecular weight is 439 g/mol. The number of nitrogens with zero attached hydrogens (tertiary/aromatic N) is 4. The highest BCUT2D eigenvalue weighted by molar-refractivity contribution is 6.02. The van der Waals surface area contributed by atoms with Crippen molar-refractivity contribution in [2.75, 3.05) is 5.32 Å². The minimum atomic E-state index is -4.77. The third-order valence-electron chi connectivity index (χ3n) is 3.91. The smallest absolute Gasteiger partial charge is 0.304 e. The standard InChI is InChI=1S/C16H9F8N5O/c1-28-7(4-8(26-28)16(22,23)24)15(30)25-9-2-3-29(27-9)5-6-10(17)12(19)14(21)13(20)11(6)18/h2-4H,5H2,1H3,(H,25,27,30). The molecule has 3 aromatic rings. The van der Waals surface area contributed by atoms with Crippen LogP contribution in [0.3, 0.4) is 0 Å². The minimum absolute atomic E-state index is 0.251. The first-order chi connectivity index (χ1) is 13.9. The molecule has 0 unspecified atom stereocenters. The lowest BCUT2D eigenvalue weighted by Gasteiger charge is -2.08. The number of rotatable bonds is 4. The van der Waals surface area contributed by atoms with Crippen LogP contribution in [-0.4, -0.2) is 25.5 Å². The Kier molecular flexibility index (Phi) is 5.26. The molecular weight excluding hydrogens is 430 g/mol. The molecule has 1 amide bonds. The van der Waals surface area contributed by atoms with Gasteiger partial charge in [0.25, 0.3) is 5.91 Å². The van der Waals surface area contributed by atoms with Crippen molar-refractivity contribution in [1.29, 1.82) is 0 Å². The highest BCUT2D eigenvalue weighted by atomic mass is 19.4. The van der Waals surface area contributed by atoms with E-state index in [0.29, 0.717) is 10.7 Å². The predicted molar refractivity (Wildman–Crippen MR) is 83.7 cm³/mol. The lowest BCUT2D eigenvalue weighted by Crippen LogP contribution is -2.17. The van der Waals surface area contributed by atoms with Crippen molar-refractivity contribution in [3.05, 3.63) is 64.4 Å². The van der Waals surface area contributed by atoms with Crippen molar-refractivity contribution < 1.29 is 39.9 Å². The number of halogens is 8. The summed E-state index contributed by atoms with van der Waals surface area (Å²) in [4.78, 5) is 12.1. The Bertz CT molecular complexity index is 1100. The molecule has 0 saturated carbocycles. The van der Waals surface area contributed by atoms with Gasteiger partial charge in [0.15, 0.2) is 34.8 Å². The van der Waals surface area contributed by atoms with E-state index in [4.69, 9.17) is 0 Å². The number of carbonyl (C=O) groups excluding carboxylic acids is 1. The molecule has 14 heteroatoms. The van der Waals surface area contributed by atoms with Gasteiger partial charge in [-0.1, -0.05) is 0 Å². The van der Waals surface area contributed by atoms with Gasteiger partial charge in [-0.3, -0.25) is 14.2 Å². The van der Waals surface area contributed by atoms with Crippen LogP contribution in [0.5, 0.6) is 0 Å². The van der Waals surface area contributed by atoms with Crippen molar-refractivity contribution >= 4 is 11.7 Å². The number of amides is 1. The maximum absolute atomic E-state index is 13.7. The van der Waals surface area contributed by atoms with E-state index in [2.05, 4.69) is 15.5 Å². The zero-order valence-corrected chi connectivity index (χ0v) is 14.7. The first-order valence-corrected chi connectivity index (χ1v) is 7.86. The van der Waals surface area contributed by atoms with Crippen LogP contribution in [0.2, 0.25) is 0 Å². The lowest BCUT2D eigenvalue weighted by atomic mass is 10.1. The maximum atomic E-state index is 13.7. The van der Waals surface area contributed by atoms with Crippen LogP contribution < -0.4 is 5.32 Å². The summed E-state index contributed by atoms with van der Waals surface area (Å²) in [5, 5.41) is 8.99. The van der Waals surface area contributed by atoms with E-state index in [-0.39, 0.29) is 5.82 Å². The second-order valence-electron chi connectivity index (χ2n) is 5.94. The Balaban J connectivity index is 1.80. The average Bonchev–Trinajstić information content (AvgIpc) is 3.28. The lowest BCUT2D eigenvalue weighted by molar-refractivity contribution is -0.141. The molecule has 2 heterocycles. The van der Waals surface area contributed by atoms with Crippen LogP contribution in [0, 0.1) is 29.1 Å². The number of nitrogens with one attached hydrogen (secondary N) is 1. The van der Waals surface area contributed by atoms with E-state index in [1.54, 1.807) is 0 Å². The van der Waals surface area contributed by atoms with Gasteiger partial charge < -0.3 is 5.32 Å². The Morgan fingerprint density at radius 2 is 1.57 bits per heavy atom. The van der Waals surface area contributed by atoms with Gasteiger partial charge in [0.1, 0.15) is 5.69 Å². The fourth-order valence-electron chi connectivity index (χ4n) is 2.47. The van der Waals surface area contributed by atoms with Crippen molar-refractivity contribution in [3.63, 3.8) is 0 Å². The number of aromatic nitrogens is 4. The van der Waals surface area contributed by atoms with Crippen molar-refractivity contribution in [1.82, 2.24) is 19.6 Å². The summed E-state index contributed by atoms with van der Waals surface area (Å²) in [7, 11) is 1.10. The van der Waals surface area contributed by atoms with Crippen molar-refractivity contribution in [2.24, 2.45) is 7.05 Å². The number of anilines is 1. The second kappa shape index (κ2) is 7.42. The van der Waals surface area contributed by atoms with Crippen molar-refractivity contribution in [2.45, 2.75) is 12.7 Å². The van der Waals surface area contributed by atoms with Crippen LogP contribution in [0.1, 0.15) is 21.7 Å². The molecule has 1 N–H and O–H groups in total. The quantitative estimate of drug-likeness (QED) is 0.384. The molecular formula is C16H9F8N5O. The number of hydrogen-bond acceptors (Lipinski definition) is 3. The molecule has 0 atom stereocenters. The molecule has 3 rings (SSSR count). The normalized spacial score (nSPS) is 11.8. The summed E-state index contributed by atoms with van der Waals surface area (Å²) in [5.74, 6) is -11.9. The molecule has 0 aliphatic heterocycles. The maximum Gasteiger partial charge on any atom is 0.435 e. The van der Waals surface area contributed by atoms with Crippen LogP contribution in [0.25, 0.3) is 0 Å². The Morgan fingerprint density at radius 3 is 2.10 bits per heavy atom. The van der Waals surface area contributed by atoms with E-state index in [0.717, 1.165) is 24.0 Å². The molecule has 0 spiro atoms. The third-order valence-corrected chi connectivity index (χ3v) is 3.91. The van der Waals surface area contributed by atoms with E-state index in [1.807, 2.05) is 0 Å². The number of aryl methyl sites for hydroxylation is 1. The minimum Gasteiger partial charge on any atom is -0.304 e. The van der Waals surface area contributed by atoms with Crippen LogP contribution in [-0.2, 0) is 19.8 Å². The fourth-order valence-corrected chi connectivity index (χ4v) is 2.47.